The molecule has 76 valence electrons. The molecule has 0 saturated heterocycles. The maximum Gasteiger partial charge on any atom is 0.210 e. The van der Waals surface area contributed by atoms with E-state index in [1.54, 1.807) is 0 Å². The molecule has 0 spiro atoms. The van der Waals surface area contributed by atoms with Gasteiger partial charge in [0.15, 0.2) is 12.4 Å². The quantitative estimate of drug-likeness (QED) is 0.560. The van der Waals surface area contributed by atoms with Crippen molar-refractivity contribution in [3.05, 3.63) is 67.1 Å². The van der Waals surface area contributed by atoms with E-state index in [0.29, 0.717) is 0 Å². The van der Waals surface area contributed by atoms with Crippen molar-refractivity contribution in [1.82, 2.24) is 4.98 Å². The first-order valence-electron chi connectivity index (χ1n) is 5.25. The Bertz CT molecular complexity index is 618. The van der Waals surface area contributed by atoms with E-state index in [0.717, 1.165) is 11.3 Å². The van der Waals surface area contributed by atoms with Crippen molar-refractivity contribution in [2.45, 2.75) is 0 Å². The van der Waals surface area contributed by atoms with Gasteiger partial charge in [0.25, 0.3) is 0 Å². The monoisotopic (exact) mass is 207 g/mol. The molecular formula is C14H11N2+. The van der Waals surface area contributed by atoms with Gasteiger partial charge in [0.05, 0.1) is 11.3 Å². The number of rotatable bonds is 1. The molecule has 0 bridgehead atoms. The van der Waals surface area contributed by atoms with Gasteiger partial charge in [-0.15, -0.1) is 0 Å². The zero-order chi connectivity index (χ0) is 10.8. The van der Waals surface area contributed by atoms with Crippen molar-refractivity contribution in [3.63, 3.8) is 0 Å². The summed E-state index contributed by atoms with van der Waals surface area (Å²) in [5, 5.41) is 0. The van der Waals surface area contributed by atoms with Crippen LogP contribution in [0.15, 0.2) is 67.1 Å². The fourth-order valence-corrected chi connectivity index (χ4v) is 1.78. The third-order valence-electron chi connectivity index (χ3n) is 2.60. The first-order chi connectivity index (χ1) is 7.93. The summed E-state index contributed by atoms with van der Waals surface area (Å²) in [6.45, 7) is 0. The van der Waals surface area contributed by atoms with E-state index in [1.807, 2.05) is 42.7 Å². The zero-order valence-corrected chi connectivity index (χ0v) is 8.75. The van der Waals surface area contributed by atoms with Gasteiger partial charge >= 0.3 is 0 Å². The zero-order valence-electron chi connectivity index (χ0n) is 8.75. The van der Waals surface area contributed by atoms with Crippen LogP contribution < -0.4 is 4.40 Å². The summed E-state index contributed by atoms with van der Waals surface area (Å²) >= 11 is 0. The molecule has 3 heterocycles. The highest BCUT2D eigenvalue weighted by Gasteiger charge is 2.05. The molecule has 0 amide bonds. The smallest absolute Gasteiger partial charge is 0.210 e. The average Bonchev–Trinajstić information content (AvgIpc) is 2.39. The second-order valence-corrected chi connectivity index (χ2v) is 3.67. The summed E-state index contributed by atoms with van der Waals surface area (Å²) in [6.07, 6.45) is 5.95. The average molecular weight is 207 g/mol. The summed E-state index contributed by atoms with van der Waals surface area (Å²) in [6, 6.07) is 16.3. The first-order valence-corrected chi connectivity index (χ1v) is 5.25. The lowest BCUT2D eigenvalue weighted by atomic mass is 10.2. The summed E-state index contributed by atoms with van der Waals surface area (Å²) < 4.78 is 2.10. The first kappa shape index (κ1) is 9.04. The third-order valence-corrected chi connectivity index (χ3v) is 2.60. The lowest BCUT2D eigenvalue weighted by Crippen LogP contribution is -2.20. The van der Waals surface area contributed by atoms with Crippen LogP contribution in [0, 0.1) is 0 Å². The Balaban J connectivity index is 2.19. The fourth-order valence-electron chi connectivity index (χ4n) is 1.78. The molecule has 0 atom stereocenters. The van der Waals surface area contributed by atoms with Crippen molar-refractivity contribution >= 4 is 5.52 Å². The van der Waals surface area contributed by atoms with Crippen LogP contribution >= 0.6 is 0 Å². The molecule has 2 nitrogen and oxygen atoms in total. The number of pyridine rings is 3. The Kier molecular flexibility index (Phi) is 2.11. The SMILES string of the molecule is c1ccc(-c2ccc3cccc[n+]3c2)nc1. The molecule has 0 radical (unpaired) electrons. The summed E-state index contributed by atoms with van der Waals surface area (Å²) in [7, 11) is 0. The standard InChI is InChI=1S/C14H11N2/c1-3-9-15-14(6-1)12-7-8-13-5-2-4-10-16(13)11-12/h1-11H/q+1. The van der Waals surface area contributed by atoms with Gasteiger partial charge < -0.3 is 0 Å². The highest BCUT2D eigenvalue weighted by molar-refractivity contribution is 5.58. The van der Waals surface area contributed by atoms with Gasteiger partial charge in [0, 0.05) is 24.4 Å². The minimum absolute atomic E-state index is 1.00. The third kappa shape index (κ3) is 1.54. The Morgan fingerprint density at radius 3 is 2.69 bits per heavy atom. The number of hydrogen-bond donors (Lipinski definition) is 0. The molecule has 0 unspecified atom stereocenters. The maximum absolute atomic E-state index is 4.34. The number of hydrogen-bond acceptors (Lipinski definition) is 1. The number of fused-ring (bicyclic) bond motifs is 1. The summed E-state index contributed by atoms with van der Waals surface area (Å²) in [5.74, 6) is 0. The molecule has 0 saturated carbocycles. The molecule has 3 rings (SSSR count). The van der Waals surface area contributed by atoms with Gasteiger partial charge in [-0.05, 0) is 24.3 Å². The van der Waals surface area contributed by atoms with Crippen molar-refractivity contribution in [3.8, 4) is 11.3 Å². The topological polar surface area (TPSA) is 17.0 Å². The molecule has 0 fully saturated rings. The molecule has 0 aliphatic heterocycles. The Labute approximate surface area is 93.8 Å². The highest BCUT2D eigenvalue weighted by Crippen LogP contribution is 2.14. The highest BCUT2D eigenvalue weighted by atomic mass is 14.8. The van der Waals surface area contributed by atoms with E-state index in [9.17, 15) is 0 Å². The molecule has 0 N–H and O–H groups in total. The molecular weight excluding hydrogens is 196 g/mol. The van der Waals surface area contributed by atoms with Crippen molar-refractivity contribution in [1.29, 1.82) is 0 Å². The molecule has 16 heavy (non-hydrogen) atoms. The lowest BCUT2D eigenvalue weighted by molar-refractivity contribution is -0.511. The summed E-state index contributed by atoms with van der Waals surface area (Å²) in [4.78, 5) is 4.34. The number of aromatic nitrogens is 2. The molecule has 3 aromatic heterocycles. The van der Waals surface area contributed by atoms with Crippen LogP contribution in [0.25, 0.3) is 16.8 Å². The minimum atomic E-state index is 1.00. The van der Waals surface area contributed by atoms with E-state index >= 15 is 0 Å². The van der Waals surface area contributed by atoms with Gasteiger partial charge in [-0.25, -0.2) is 0 Å². The molecule has 3 aromatic rings. The van der Waals surface area contributed by atoms with E-state index in [4.69, 9.17) is 0 Å². The van der Waals surface area contributed by atoms with Crippen LogP contribution in [0.5, 0.6) is 0 Å². The van der Waals surface area contributed by atoms with Crippen LogP contribution in [0.2, 0.25) is 0 Å². The van der Waals surface area contributed by atoms with Crippen LogP contribution in [0.4, 0.5) is 0 Å². The van der Waals surface area contributed by atoms with Gasteiger partial charge in [-0.1, -0.05) is 6.07 Å². The van der Waals surface area contributed by atoms with Crippen molar-refractivity contribution in [2.24, 2.45) is 0 Å². The van der Waals surface area contributed by atoms with E-state index in [-0.39, 0.29) is 0 Å². The maximum atomic E-state index is 4.34. The van der Waals surface area contributed by atoms with Gasteiger partial charge in [-0.3, -0.25) is 4.98 Å². The van der Waals surface area contributed by atoms with Gasteiger partial charge in [0.1, 0.15) is 0 Å². The van der Waals surface area contributed by atoms with Crippen LogP contribution in [-0.2, 0) is 0 Å². The fraction of sp³-hybridized carbons (Fsp3) is 0. The van der Waals surface area contributed by atoms with Gasteiger partial charge in [0.2, 0.25) is 5.52 Å². The molecule has 0 aromatic carbocycles. The van der Waals surface area contributed by atoms with Crippen molar-refractivity contribution < 1.29 is 4.40 Å². The summed E-state index contributed by atoms with van der Waals surface area (Å²) in [5.41, 5.74) is 3.31. The van der Waals surface area contributed by atoms with E-state index in [2.05, 4.69) is 33.8 Å². The second-order valence-electron chi connectivity index (χ2n) is 3.67. The number of nitrogens with zero attached hydrogens (tertiary/aromatic N) is 2. The van der Waals surface area contributed by atoms with Gasteiger partial charge in [-0.2, -0.15) is 4.40 Å². The van der Waals surface area contributed by atoms with E-state index in [1.165, 1.54) is 5.52 Å². The van der Waals surface area contributed by atoms with Crippen LogP contribution in [0.3, 0.4) is 0 Å². The van der Waals surface area contributed by atoms with Crippen molar-refractivity contribution in [2.75, 3.05) is 0 Å². The van der Waals surface area contributed by atoms with E-state index < -0.39 is 0 Å². The largest absolute Gasteiger partial charge is 0.256 e. The van der Waals surface area contributed by atoms with Crippen LogP contribution in [-0.4, -0.2) is 4.98 Å². The Morgan fingerprint density at radius 1 is 0.875 bits per heavy atom. The van der Waals surface area contributed by atoms with Crippen LogP contribution in [0.1, 0.15) is 0 Å². The predicted octanol–water partition coefficient (Wildman–Crippen LogP) is 2.49. The molecule has 0 aliphatic rings. The Morgan fingerprint density at radius 2 is 1.81 bits per heavy atom. The molecule has 2 heteroatoms. The second kappa shape index (κ2) is 3.74. The molecule has 0 aliphatic carbocycles. The normalized spacial score (nSPS) is 10.5. The Hall–Kier alpha value is -2.22. The lowest BCUT2D eigenvalue weighted by Gasteiger charge is -1.97. The minimum Gasteiger partial charge on any atom is -0.256 e. The predicted molar refractivity (Wildman–Crippen MR) is 62.8 cm³/mol.